The van der Waals surface area contributed by atoms with E-state index in [2.05, 4.69) is 19.2 Å². The lowest BCUT2D eigenvalue weighted by Crippen LogP contribution is -2.15. The van der Waals surface area contributed by atoms with Crippen molar-refractivity contribution in [1.82, 2.24) is 5.32 Å². The zero-order valence-electron chi connectivity index (χ0n) is 21.5. The van der Waals surface area contributed by atoms with Crippen molar-refractivity contribution in [2.75, 3.05) is 0 Å². The van der Waals surface area contributed by atoms with Gasteiger partial charge in [0.2, 0.25) is 0 Å². The standard InChI is InChI=1S/C32H26N4O2/c1-17(37)21-11-20-13-29-32(2,3)16-27(35-29)22-15-28(38)23-14-26(36-31(22)23)30(18-7-5-4-6-8-18)24-10-9-19(33-24)12-25(21)34-20/h4-14,35,38H,15-16H2,1-3H3. The normalized spacial score (nSPS) is 22.7. The molecule has 5 heterocycles. The first-order valence-corrected chi connectivity index (χ1v) is 12.8. The van der Waals surface area contributed by atoms with Gasteiger partial charge >= 0.3 is 0 Å². The van der Waals surface area contributed by atoms with E-state index in [1.54, 1.807) is 6.92 Å². The summed E-state index contributed by atoms with van der Waals surface area (Å²) in [6.07, 6.45) is 12.9. The van der Waals surface area contributed by atoms with Crippen molar-refractivity contribution in [2.45, 2.75) is 33.6 Å². The van der Waals surface area contributed by atoms with E-state index in [-0.39, 0.29) is 11.2 Å². The first-order valence-electron chi connectivity index (χ1n) is 12.8. The molecule has 1 fully saturated rings. The Balaban J connectivity index is 1.50. The highest BCUT2D eigenvalue weighted by atomic mass is 16.3. The molecule has 6 aliphatic rings. The molecule has 1 saturated heterocycles. The second kappa shape index (κ2) is 7.96. The Kier molecular flexibility index (Phi) is 4.73. The predicted octanol–water partition coefficient (Wildman–Crippen LogP) is 5.99. The molecular formula is C32H26N4O2. The van der Waals surface area contributed by atoms with Crippen LogP contribution < -0.4 is 5.32 Å². The second-order valence-electron chi connectivity index (χ2n) is 10.9. The lowest BCUT2D eigenvalue weighted by molar-refractivity contribution is -0.113. The quantitative estimate of drug-likeness (QED) is 0.525. The Bertz CT molecular complexity index is 1710. The Morgan fingerprint density at radius 3 is 2.55 bits per heavy atom. The Morgan fingerprint density at radius 1 is 0.947 bits per heavy atom. The highest BCUT2D eigenvalue weighted by Crippen LogP contribution is 2.46. The minimum atomic E-state index is -0.174. The van der Waals surface area contributed by atoms with E-state index in [4.69, 9.17) is 15.0 Å². The van der Waals surface area contributed by atoms with Crippen molar-refractivity contribution in [3.8, 4) is 0 Å². The third kappa shape index (κ3) is 3.48. The molecule has 0 unspecified atom stereocenters. The molecule has 1 aliphatic carbocycles. The molecule has 6 nitrogen and oxygen atoms in total. The van der Waals surface area contributed by atoms with Crippen LogP contribution in [0.15, 0.2) is 133 Å². The van der Waals surface area contributed by atoms with Crippen LogP contribution in [0.25, 0.3) is 5.57 Å². The number of aliphatic hydroxyl groups excluding tert-OH is 1. The molecule has 0 atom stereocenters. The van der Waals surface area contributed by atoms with Crippen molar-refractivity contribution in [2.24, 2.45) is 20.4 Å². The largest absolute Gasteiger partial charge is 0.511 e. The van der Waals surface area contributed by atoms with Crippen molar-refractivity contribution < 1.29 is 9.90 Å². The van der Waals surface area contributed by atoms with Crippen molar-refractivity contribution in [3.63, 3.8) is 0 Å². The van der Waals surface area contributed by atoms with Gasteiger partial charge in [-0.25, -0.2) is 15.0 Å². The lowest BCUT2D eigenvalue weighted by Gasteiger charge is -2.17. The molecule has 5 aliphatic heterocycles. The summed E-state index contributed by atoms with van der Waals surface area (Å²) in [6.45, 7) is 5.95. The van der Waals surface area contributed by atoms with E-state index in [0.29, 0.717) is 23.5 Å². The van der Waals surface area contributed by atoms with Gasteiger partial charge in [-0.2, -0.15) is 0 Å². The Morgan fingerprint density at radius 2 is 1.76 bits per heavy atom. The third-order valence-corrected chi connectivity index (χ3v) is 7.72. The van der Waals surface area contributed by atoms with Crippen LogP contribution >= 0.6 is 0 Å². The number of ketones is 1. The van der Waals surface area contributed by atoms with Crippen molar-refractivity contribution in [1.29, 1.82) is 0 Å². The number of allylic oxidation sites excluding steroid dienone is 12. The molecule has 8 bridgehead atoms. The smallest absolute Gasteiger partial charge is 0.162 e. The monoisotopic (exact) mass is 498 g/mol. The van der Waals surface area contributed by atoms with Gasteiger partial charge in [-0.15, -0.1) is 0 Å². The molecule has 1 aromatic rings. The number of nitrogens with one attached hydrogen (secondary N) is 1. The van der Waals surface area contributed by atoms with Crippen LogP contribution in [0, 0.1) is 5.41 Å². The van der Waals surface area contributed by atoms with Crippen LogP contribution in [0.1, 0.15) is 39.2 Å². The van der Waals surface area contributed by atoms with Crippen LogP contribution in [0.3, 0.4) is 0 Å². The number of rotatable bonds is 2. The molecule has 0 aromatic heterocycles. The summed E-state index contributed by atoms with van der Waals surface area (Å²) in [4.78, 5) is 27.3. The maximum Gasteiger partial charge on any atom is 0.162 e. The van der Waals surface area contributed by atoms with Gasteiger partial charge in [0.1, 0.15) is 5.76 Å². The summed E-state index contributed by atoms with van der Waals surface area (Å²) < 4.78 is 0. The number of benzene rings is 1. The fourth-order valence-electron chi connectivity index (χ4n) is 5.76. The van der Waals surface area contributed by atoms with E-state index in [1.807, 2.05) is 66.8 Å². The van der Waals surface area contributed by atoms with Gasteiger partial charge < -0.3 is 10.4 Å². The molecule has 7 rings (SSSR count). The van der Waals surface area contributed by atoms with E-state index < -0.39 is 0 Å². The van der Waals surface area contributed by atoms with E-state index in [1.165, 1.54) is 0 Å². The summed E-state index contributed by atoms with van der Waals surface area (Å²) in [5.74, 6) is 0.304. The number of aliphatic hydroxyl groups is 1. The van der Waals surface area contributed by atoms with Crippen LogP contribution in [0.4, 0.5) is 0 Å². The SMILES string of the molecule is CC(=O)C1=CC2=NC1=CC1=NC(=C(c3ccccc3)C3=CC4=C(O)CC(=C5CC(C)(C)C(=C2)N5)C4=N3)C=C1. The molecule has 0 amide bonds. The number of fused-ring (bicyclic) bond motifs is 5. The van der Waals surface area contributed by atoms with Crippen LogP contribution in [0.5, 0.6) is 0 Å². The molecule has 1 aromatic carbocycles. The molecule has 6 heteroatoms. The van der Waals surface area contributed by atoms with Crippen LogP contribution in [-0.2, 0) is 4.79 Å². The molecule has 0 saturated carbocycles. The fourth-order valence-corrected chi connectivity index (χ4v) is 5.76. The molecule has 0 spiro atoms. The fraction of sp³-hybridized carbons (Fsp3) is 0.188. The van der Waals surface area contributed by atoms with Crippen molar-refractivity contribution in [3.05, 3.63) is 123 Å². The molecule has 0 radical (unpaired) electrons. The number of carbonyl (C=O) groups is 1. The Labute approximate surface area is 221 Å². The highest BCUT2D eigenvalue weighted by Gasteiger charge is 2.39. The molecule has 38 heavy (non-hydrogen) atoms. The highest BCUT2D eigenvalue weighted by molar-refractivity contribution is 6.21. The first-order chi connectivity index (χ1) is 18.3. The molecule has 2 N–H and O–H groups in total. The number of aliphatic imine (C=N–C) groups is 3. The van der Waals surface area contributed by atoms with Gasteiger partial charge in [-0.05, 0) is 55.4 Å². The Hall–Kier alpha value is -4.58. The summed E-state index contributed by atoms with van der Waals surface area (Å²) in [5, 5.41) is 14.6. The average Bonchev–Trinajstić information content (AvgIpc) is 3.68. The zero-order valence-corrected chi connectivity index (χ0v) is 21.5. The summed E-state index contributed by atoms with van der Waals surface area (Å²) in [5.41, 5.74) is 10.6. The minimum absolute atomic E-state index is 0.0335. The number of nitrogens with zero attached hydrogens (tertiary/aromatic N) is 3. The zero-order chi connectivity index (χ0) is 26.2. The first kappa shape index (κ1) is 22.6. The van der Waals surface area contributed by atoms with E-state index in [0.717, 1.165) is 68.6 Å². The maximum atomic E-state index is 12.5. The van der Waals surface area contributed by atoms with E-state index in [9.17, 15) is 9.90 Å². The van der Waals surface area contributed by atoms with Crippen LogP contribution in [-0.4, -0.2) is 28.0 Å². The van der Waals surface area contributed by atoms with Crippen LogP contribution in [0.2, 0.25) is 0 Å². The van der Waals surface area contributed by atoms with Gasteiger partial charge in [0.25, 0.3) is 0 Å². The van der Waals surface area contributed by atoms with Gasteiger partial charge in [-0.3, -0.25) is 4.79 Å². The summed E-state index contributed by atoms with van der Waals surface area (Å²) in [7, 11) is 0. The summed E-state index contributed by atoms with van der Waals surface area (Å²) in [6, 6.07) is 10.1. The minimum Gasteiger partial charge on any atom is -0.511 e. The van der Waals surface area contributed by atoms with E-state index >= 15 is 0 Å². The number of carbonyl (C=O) groups excluding carboxylic acids is 1. The number of Topliss-reactive ketones (excluding diaryl/α,β-unsaturated/α-hetero) is 1. The van der Waals surface area contributed by atoms with Gasteiger partial charge in [0.15, 0.2) is 5.78 Å². The summed E-state index contributed by atoms with van der Waals surface area (Å²) >= 11 is 0. The van der Waals surface area contributed by atoms with Gasteiger partial charge in [0, 0.05) is 45.5 Å². The second-order valence-corrected chi connectivity index (χ2v) is 10.9. The van der Waals surface area contributed by atoms with Gasteiger partial charge in [0.05, 0.1) is 34.2 Å². The lowest BCUT2D eigenvalue weighted by atomic mass is 9.87. The average molecular weight is 499 g/mol. The van der Waals surface area contributed by atoms with Crippen molar-refractivity contribution >= 4 is 28.5 Å². The predicted molar refractivity (Wildman–Crippen MR) is 151 cm³/mol. The third-order valence-electron chi connectivity index (χ3n) is 7.72. The van der Waals surface area contributed by atoms with Gasteiger partial charge in [-0.1, -0.05) is 44.2 Å². The maximum absolute atomic E-state index is 12.5. The molecule has 186 valence electrons. The number of hydrogen-bond acceptors (Lipinski definition) is 6. The molecular weight excluding hydrogens is 472 g/mol. The topological polar surface area (TPSA) is 86.4 Å². The number of hydrogen-bond donors (Lipinski definition) is 2.